The summed E-state index contributed by atoms with van der Waals surface area (Å²) < 4.78 is 0. The van der Waals surface area contributed by atoms with E-state index in [1.54, 1.807) is 22.7 Å². The fourth-order valence-electron chi connectivity index (χ4n) is 1.28. The molecule has 0 saturated heterocycles. The first-order chi connectivity index (χ1) is 6.81. The Labute approximate surface area is 90.6 Å². The van der Waals surface area contributed by atoms with Gasteiger partial charge in [-0.25, -0.2) is 5.43 Å². The molecule has 3 nitrogen and oxygen atoms in total. The molecule has 0 aromatic carbocycles. The van der Waals surface area contributed by atoms with Gasteiger partial charge >= 0.3 is 0 Å². The summed E-state index contributed by atoms with van der Waals surface area (Å²) in [6.07, 6.45) is 1.85. The SMILES string of the molecule is Cc1ccc(C(NN)c2cncs2)s1. The second-order valence-electron chi connectivity index (χ2n) is 2.95. The number of aromatic nitrogens is 1. The van der Waals surface area contributed by atoms with Gasteiger partial charge in [0.15, 0.2) is 0 Å². The molecule has 2 rings (SSSR count). The van der Waals surface area contributed by atoms with E-state index in [4.69, 9.17) is 5.84 Å². The van der Waals surface area contributed by atoms with Crippen molar-refractivity contribution >= 4 is 22.7 Å². The van der Waals surface area contributed by atoms with Crippen LogP contribution in [0.1, 0.15) is 20.7 Å². The number of hydrogen-bond donors (Lipinski definition) is 2. The van der Waals surface area contributed by atoms with Gasteiger partial charge in [-0.1, -0.05) is 0 Å². The van der Waals surface area contributed by atoms with Gasteiger partial charge in [0.2, 0.25) is 0 Å². The highest BCUT2D eigenvalue weighted by molar-refractivity contribution is 7.12. The Bertz CT molecular complexity index is 394. The van der Waals surface area contributed by atoms with Crippen LogP contribution in [0.3, 0.4) is 0 Å². The Morgan fingerprint density at radius 1 is 1.43 bits per heavy atom. The number of hydrazine groups is 1. The Hall–Kier alpha value is -0.750. The smallest absolute Gasteiger partial charge is 0.0910 e. The van der Waals surface area contributed by atoms with E-state index in [0.29, 0.717) is 0 Å². The normalized spacial score (nSPS) is 13.0. The zero-order valence-electron chi connectivity index (χ0n) is 7.73. The first kappa shape index (κ1) is 9.79. The molecule has 2 heterocycles. The van der Waals surface area contributed by atoms with Crippen molar-refractivity contribution in [2.24, 2.45) is 5.84 Å². The van der Waals surface area contributed by atoms with Crippen molar-refractivity contribution in [3.05, 3.63) is 38.5 Å². The molecule has 0 saturated carbocycles. The molecule has 1 atom stereocenters. The first-order valence-electron chi connectivity index (χ1n) is 4.22. The van der Waals surface area contributed by atoms with Crippen LogP contribution in [0.15, 0.2) is 23.8 Å². The second kappa shape index (κ2) is 4.18. The Kier molecular flexibility index (Phi) is 2.93. The maximum absolute atomic E-state index is 5.54. The lowest BCUT2D eigenvalue weighted by Crippen LogP contribution is -2.27. The fourth-order valence-corrected chi connectivity index (χ4v) is 3.01. The number of nitrogens with zero attached hydrogens (tertiary/aromatic N) is 1. The van der Waals surface area contributed by atoms with Crippen molar-refractivity contribution in [3.8, 4) is 0 Å². The highest BCUT2D eigenvalue weighted by Gasteiger charge is 2.15. The number of rotatable bonds is 3. The molecule has 0 aliphatic heterocycles. The lowest BCUT2D eigenvalue weighted by Gasteiger charge is -2.10. The highest BCUT2D eigenvalue weighted by atomic mass is 32.1. The van der Waals surface area contributed by atoms with Crippen molar-refractivity contribution in [2.45, 2.75) is 13.0 Å². The number of thiazole rings is 1. The van der Waals surface area contributed by atoms with Gasteiger partial charge in [-0.05, 0) is 19.1 Å². The van der Waals surface area contributed by atoms with E-state index in [9.17, 15) is 0 Å². The summed E-state index contributed by atoms with van der Waals surface area (Å²) in [5, 5.41) is 0. The third kappa shape index (κ3) is 1.85. The number of nitrogens with one attached hydrogen (secondary N) is 1. The Balaban J connectivity index is 2.31. The van der Waals surface area contributed by atoms with Gasteiger partial charge in [0.1, 0.15) is 0 Å². The van der Waals surface area contributed by atoms with Crippen molar-refractivity contribution in [2.75, 3.05) is 0 Å². The second-order valence-corrected chi connectivity index (χ2v) is 5.19. The van der Waals surface area contributed by atoms with Crippen LogP contribution in [0.4, 0.5) is 0 Å². The van der Waals surface area contributed by atoms with Crippen molar-refractivity contribution in [1.29, 1.82) is 0 Å². The van der Waals surface area contributed by atoms with Gasteiger partial charge in [-0.15, -0.1) is 22.7 Å². The van der Waals surface area contributed by atoms with Crippen LogP contribution in [-0.4, -0.2) is 4.98 Å². The quantitative estimate of drug-likeness (QED) is 0.621. The molecule has 2 aromatic rings. The molecule has 0 amide bonds. The first-order valence-corrected chi connectivity index (χ1v) is 5.91. The standard InChI is InChI=1S/C9H11N3S2/c1-6-2-3-7(14-6)9(12-10)8-4-11-5-13-8/h2-5,9,12H,10H2,1H3. The van der Waals surface area contributed by atoms with E-state index in [2.05, 4.69) is 29.5 Å². The lowest BCUT2D eigenvalue weighted by atomic mass is 10.2. The maximum Gasteiger partial charge on any atom is 0.0910 e. The monoisotopic (exact) mass is 225 g/mol. The minimum absolute atomic E-state index is 0.0844. The largest absolute Gasteiger partial charge is 0.271 e. The molecule has 0 aliphatic rings. The predicted molar refractivity (Wildman–Crippen MR) is 60.3 cm³/mol. The minimum atomic E-state index is 0.0844. The van der Waals surface area contributed by atoms with Crippen LogP contribution >= 0.6 is 22.7 Å². The molecular formula is C9H11N3S2. The molecule has 0 bridgehead atoms. The summed E-state index contributed by atoms with van der Waals surface area (Å²) >= 11 is 3.37. The number of nitrogens with two attached hydrogens (primary N) is 1. The zero-order valence-corrected chi connectivity index (χ0v) is 9.36. The highest BCUT2D eigenvalue weighted by Crippen LogP contribution is 2.29. The van der Waals surface area contributed by atoms with E-state index in [-0.39, 0.29) is 6.04 Å². The van der Waals surface area contributed by atoms with Crippen LogP contribution in [0.2, 0.25) is 0 Å². The van der Waals surface area contributed by atoms with Crippen LogP contribution in [0, 0.1) is 6.92 Å². The van der Waals surface area contributed by atoms with E-state index < -0.39 is 0 Å². The van der Waals surface area contributed by atoms with Crippen LogP contribution < -0.4 is 11.3 Å². The van der Waals surface area contributed by atoms with Crippen LogP contribution in [-0.2, 0) is 0 Å². The summed E-state index contributed by atoms with van der Waals surface area (Å²) in [7, 11) is 0. The molecule has 3 N–H and O–H groups in total. The third-order valence-electron chi connectivity index (χ3n) is 1.95. The van der Waals surface area contributed by atoms with Gasteiger partial charge in [0.25, 0.3) is 0 Å². The summed E-state index contributed by atoms with van der Waals surface area (Å²) in [4.78, 5) is 7.73. The van der Waals surface area contributed by atoms with Gasteiger partial charge in [-0.2, -0.15) is 0 Å². The van der Waals surface area contributed by atoms with Gasteiger partial charge in [0, 0.05) is 20.8 Å². The fraction of sp³-hybridized carbons (Fsp3) is 0.222. The van der Waals surface area contributed by atoms with Gasteiger partial charge in [0.05, 0.1) is 11.6 Å². The average molecular weight is 225 g/mol. The van der Waals surface area contributed by atoms with E-state index >= 15 is 0 Å². The molecule has 0 fully saturated rings. The zero-order chi connectivity index (χ0) is 9.97. The van der Waals surface area contributed by atoms with Gasteiger partial charge in [-0.3, -0.25) is 10.8 Å². The summed E-state index contributed by atoms with van der Waals surface area (Å²) in [6, 6.07) is 4.29. The molecule has 0 aliphatic carbocycles. The molecule has 0 radical (unpaired) electrons. The van der Waals surface area contributed by atoms with Crippen molar-refractivity contribution in [1.82, 2.24) is 10.4 Å². The Morgan fingerprint density at radius 3 is 2.79 bits per heavy atom. The molecule has 14 heavy (non-hydrogen) atoms. The minimum Gasteiger partial charge on any atom is -0.271 e. The van der Waals surface area contributed by atoms with E-state index in [1.807, 2.05) is 11.7 Å². The third-order valence-corrected chi connectivity index (χ3v) is 3.85. The van der Waals surface area contributed by atoms with Crippen LogP contribution in [0.25, 0.3) is 0 Å². The van der Waals surface area contributed by atoms with Gasteiger partial charge < -0.3 is 0 Å². The molecule has 5 heteroatoms. The Morgan fingerprint density at radius 2 is 2.29 bits per heavy atom. The average Bonchev–Trinajstić information content (AvgIpc) is 2.79. The number of hydrogen-bond acceptors (Lipinski definition) is 5. The number of aryl methyl sites for hydroxylation is 1. The summed E-state index contributed by atoms with van der Waals surface area (Å²) in [5.74, 6) is 5.54. The van der Waals surface area contributed by atoms with Crippen molar-refractivity contribution < 1.29 is 0 Å². The molecule has 74 valence electrons. The lowest BCUT2D eigenvalue weighted by molar-refractivity contribution is 0.655. The molecular weight excluding hydrogens is 214 g/mol. The molecule has 2 aromatic heterocycles. The topological polar surface area (TPSA) is 50.9 Å². The summed E-state index contributed by atoms with van der Waals surface area (Å²) in [5.41, 5.74) is 4.63. The van der Waals surface area contributed by atoms with E-state index in [0.717, 1.165) is 4.88 Å². The van der Waals surface area contributed by atoms with E-state index in [1.165, 1.54) is 9.75 Å². The molecule has 1 unspecified atom stereocenters. The maximum atomic E-state index is 5.54. The number of thiophene rings is 1. The predicted octanol–water partition coefficient (Wildman–Crippen LogP) is 2.07. The molecule has 0 spiro atoms. The van der Waals surface area contributed by atoms with Crippen LogP contribution in [0.5, 0.6) is 0 Å². The summed E-state index contributed by atoms with van der Waals surface area (Å²) in [6.45, 7) is 2.09. The van der Waals surface area contributed by atoms with Crippen molar-refractivity contribution in [3.63, 3.8) is 0 Å².